The summed E-state index contributed by atoms with van der Waals surface area (Å²) in [6.07, 6.45) is 8.09. The first kappa shape index (κ1) is 12.4. The highest BCUT2D eigenvalue weighted by molar-refractivity contribution is 5.07. The number of likely N-dealkylation sites (tertiary alicyclic amines) is 1. The van der Waals surface area contributed by atoms with Gasteiger partial charge < -0.3 is 5.73 Å². The molecule has 0 radical (unpaired) electrons. The van der Waals surface area contributed by atoms with Gasteiger partial charge in [0.05, 0.1) is 0 Å². The Morgan fingerprint density at radius 2 is 1.88 bits per heavy atom. The van der Waals surface area contributed by atoms with Crippen LogP contribution in [0.15, 0.2) is 0 Å². The minimum Gasteiger partial charge on any atom is -0.329 e. The van der Waals surface area contributed by atoms with Crippen molar-refractivity contribution in [2.75, 3.05) is 6.54 Å². The number of nitrogens with two attached hydrogens (primary N) is 1. The van der Waals surface area contributed by atoms with Gasteiger partial charge >= 0.3 is 0 Å². The normalized spacial score (nSPS) is 35.2. The first-order valence-corrected chi connectivity index (χ1v) is 7.18. The molecule has 0 amide bonds. The maximum absolute atomic E-state index is 6.18. The van der Waals surface area contributed by atoms with Gasteiger partial charge in [-0.1, -0.05) is 13.8 Å². The van der Waals surface area contributed by atoms with Gasteiger partial charge in [-0.15, -0.1) is 0 Å². The van der Waals surface area contributed by atoms with Gasteiger partial charge in [0.2, 0.25) is 0 Å². The van der Waals surface area contributed by atoms with E-state index in [1.54, 1.807) is 0 Å². The van der Waals surface area contributed by atoms with E-state index in [1.807, 2.05) is 0 Å². The summed E-state index contributed by atoms with van der Waals surface area (Å²) in [6, 6.07) is 1.54. The quantitative estimate of drug-likeness (QED) is 0.778. The molecule has 3 atom stereocenters. The van der Waals surface area contributed by atoms with Crippen molar-refractivity contribution in [3.63, 3.8) is 0 Å². The molecule has 0 bridgehead atoms. The van der Waals surface area contributed by atoms with Gasteiger partial charge in [-0.3, -0.25) is 4.90 Å². The van der Waals surface area contributed by atoms with E-state index in [2.05, 4.69) is 25.7 Å². The lowest BCUT2D eigenvalue weighted by molar-refractivity contribution is 0.0246. The van der Waals surface area contributed by atoms with E-state index in [4.69, 9.17) is 5.73 Å². The molecule has 94 valence electrons. The SMILES string of the molecule is CCC1CCC(C)N1C(CC)(CN)C1CC1. The van der Waals surface area contributed by atoms with Crippen LogP contribution in [0.25, 0.3) is 0 Å². The predicted molar refractivity (Wildman–Crippen MR) is 69.4 cm³/mol. The van der Waals surface area contributed by atoms with E-state index in [0.717, 1.165) is 24.5 Å². The van der Waals surface area contributed by atoms with Crippen LogP contribution in [0.1, 0.15) is 59.3 Å². The number of nitrogens with zero attached hydrogens (tertiary/aromatic N) is 1. The largest absolute Gasteiger partial charge is 0.329 e. The minimum absolute atomic E-state index is 0.330. The summed E-state index contributed by atoms with van der Waals surface area (Å²) in [6.45, 7) is 7.93. The van der Waals surface area contributed by atoms with Crippen LogP contribution in [0.3, 0.4) is 0 Å². The second kappa shape index (κ2) is 4.66. The van der Waals surface area contributed by atoms with Gasteiger partial charge in [0.1, 0.15) is 0 Å². The van der Waals surface area contributed by atoms with E-state index in [1.165, 1.54) is 38.5 Å². The molecule has 1 aliphatic heterocycles. The molecule has 2 heteroatoms. The molecule has 0 spiro atoms. The Bertz CT molecular complexity index is 231. The van der Waals surface area contributed by atoms with Crippen molar-refractivity contribution in [3.8, 4) is 0 Å². The standard InChI is InChI=1S/C14H28N2/c1-4-13-9-6-11(3)16(13)14(5-2,10-15)12-7-8-12/h11-13H,4-10,15H2,1-3H3. The van der Waals surface area contributed by atoms with Crippen molar-refractivity contribution < 1.29 is 0 Å². The molecule has 16 heavy (non-hydrogen) atoms. The van der Waals surface area contributed by atoms with E-state index < -0.39 is 0 Å². The van der Waals surface area contributed by atoms with Crippen molar-refractivity contribution in [1.29, 1.82) is 0 Å². The van der Waals surface area contributed by atoms with Crippen LogP contribution in [0.4, 0.5) is 0 Å². The summed E-state index contributed by atoms with van der Waals surface area (Å²) >= 11 is 0. The van der Waals surface area contributed by atoms with Crippen LogP contribution in [-0.2, 0) is 0 Å². The second-order valence-corrected chi connectivity index (χ2v) is 5.83. The highest BCUT2D eigenvalue weighted by Crippen LogP contribution is 2.48. The summed E-state index contributed by atoms with van der Waals surface area (Å²) in [5.41, 5.74) is 6.51. The molecule has 0 aromatic heterocycles. The molecular weight excluding hydrogens is 196 g/mol. The van der Waals surface area contributed by atoms with Crippen molar-refractivity contribution in [2.45, 2.75) is 76.9 Å². The molecule has 1 saturated heterocycles. The summed E-state index contributed by atoms with van der Waals surface area (Å²) in [7, 11) is 0. The molecule has 3 unspecified atom stereocenters. The predicted octanol–water partition coefficient (Wildman–Crippen LogP) is 2.77. The number of hydrogen-bond donors (Lipinski definition) is 1. The minimum atomic E-state index is 0.330. The molecule has 2 fully saturated rings. The van der Waals surface area contributed by atoms with Crippen LogP contribution in [0.5, 0.6) is 0 Å². The zero-order valence-corrected chi connectivity index (χ0v) is 11.2. The van der Waals surface area contributed by atoms with Gasteiger partial charge in [0.25, 0.3) is 0 Å². The second-order valence-electron chi connectivity index (χ2n) is 5.83. The lowest BCUT2D eigenvalue weighted by atomic mass is 9.86. The third-order valence-electron chi connectivity index (χ3n) is 5.07. The lowest BCUT2D eigenvalue weighted by Gasteiger charge is -2.47. The van der Waals surface area contributed by atoms with Crippen LogP contribution in [0.2, 0.25) is 0 Å². The van der Waals surface area contributed by atoms with Crippen molar-refractivity contribution in [2.24, 2.45) is 11.7 Å². The van der Waals surface area contributed by atoms with Crippen molar-refractivity contribution in [3.05, 3.63) is 0 Å². The molecule has 1 heterocycles. The molecule has 2 nitrogen and oxygen atoms in total. The molecule has 2 rings (SSSR count). The molecule has 2 aliphatic rings. The summed E-state index contributed by atoms with van der Waals surface area (Å²) < 4.78 is 0. The Balaban J connectivity index is 2.23. The number of hydrogen-bond acceptors (Lipinski definition) is 2. The Labute approximate surface area is 101 Å². The van der Waals surface area contributed by atoms with E-state index in [0.29, 0.717) is 5.54 Å². The zero-order valence-electron chi connectivity index (χ0n) is 11.2. The maximum Gasteiger partial charge on any atom is 0.0362 e. The van der Waals surface area contributed by atoms with Crippen LogP contribution in [0, 0.1) is 5.92 Å². The fraction of sp³-hybridized carbons (Fsp3) is 1.00. The zero-order chi connectivity index (χ0) is 11.8. The third-order valence-corrected chi connectivity index (χ3v) is 5.07. The lowest BCUT2D eigenvalue weighted by Crippen LogP contribution is -2.59. The Hall–Kier alpha value is -0.0800. The van der Waals surface area contributed by atoms with Gasteiger partial charge in [0.15, 0.2) is 0 Å². The summed E-state index contributed by atoms with van der Waals surface area (Å²) in [4.78, 5) is 2.81. The maximum atomic E-state index is 6.18. The summed E-state index contributed by atoms with van der Waals surface area (Å²) in [5.74, 6) is 0.886. The molecule has 0 aromatic rings. The van der Waals surface area contributed by atoms with Gasteiger partial charge in [0, 0.05) is 24.2 Å². The molecule has 0 aromatic carbocycles. The monoisotopic (exact) mass is 224 g/mol. The third kappa shape index (κ3) is 1.80. The highest BCUT2D eigenvalue weighted by Gasteiger charge is 2.51. The van der Waals surface area contributed by atoms with Gasteiger partial charge in [-0.05, 0) is 51.4 Å². The van der Waals surface area contributed by atoms with E-state index >= 15 is 0 Å². The van der Waals surface area contributed by atoms with Crippen LogP contribution in [-0.4, -0.2) is 29.1 Å². The van der Waals surface area contributed by atoms with Gasteiger partial charge in [-0.2, -0.15) is 0 Å². The van der Waals surface area contributed by atoms with E-state index in [-0.39, 0.29) is 0 Å². The van der Waals surface area contributed by atoms with Crippen LogP contribution < -0.4 is 5.73 Å². The Morgan fingerprint density at radius 1 is 1.19 bits per heavy atom. The van der Waals surface area contributed by atoms with Crippen molar-refractivity contribution in [1.82, 2.24) is 4.90 Å². The molecule has 2 N–H and O–H groups in total. The Morgan fingerprint density at radius 3 is 2.31 bits per heavy atom. The topological polar surface area (TPSA) is 29.3 Å². The number of rotatable bonds is 5. The fourth-order valence-electron chi connectivity index (χ4n) is 3.99. The van der Waals surface area contributed by atoms with Crippen molar-refractivity contribution >= 4 is 0 Å². The van der Waals surface area contributed by atoms with Crippen LogP contribution >= 0.6 is 0 Å². The average Bonchev–Trinajstić information content (AvgIpc) is 3.08. The highest BCUT2D eigenvalue weighted by atomic mass is 15.3. The Kier molecular flexibility index (Phi) is 3.60. The molecule has 1 aliphatic carbocycles. The average molecular weight is 224 g/mol. The molecule has 1 saturated carbocycles. The fourth-order valence-corrected chi connectivity index (χ4v) is 3.99. The smallest absolute Gasteiger partial charge is 0.0362 e. The van der Waals surface area contributed by atoms with Gasteiger partial charge in [-0.25, -0.2) is 0 Å². The first-order chi connectivity index (χ1) is 7.69. The molecular formula is C14H28N2. The summed E-state index contributed by atoms with van der Waals surface area (Å²) in [5, 5.41) is 0. The first-order valence-electron chi connectivity index (χ1n) is 7.18. The van der Waals surface area contributed by atoms with E-state index in [9.17, 15) is 0 Å².